The third-order valence-electron chi connectivity index (χ3n) is 6.04. The lowest BCUT2D eigenvalue weighted by atomic mass is 10.00. The zero-order valence-electron chi connectivity index (χ0n) is 21.5. The Kier molecular flexibility index (Phi) is 8.95. The van der Waals surface area contributed by atoms with Gasteiger partial charge in [0, 0.05) is 16.9 Å². The number of benzene rings is 3. The van der Waals surface area contributed by atoms with Gasteiger partial charge in [0.05, 0.1) is 29.8 Å². The first kappa shape index (κ1) is 26.8. The number of carbonyl (C=O) groups excluding carboxylic acids is 1. The van der Waals surface area contributed by atoms with Crippen LogP contribution in [0.25, 0.3) is 11.3 Å². The molecule has 3 aromatic carbocycles. The molecular formula is C29H34N3O4P. The van der Waals surface area contributed by atoms with Gasteiger partial charge in [0.15, 0.2) is 0 Å². The molecular weight excluding hydrogens is 485 g/mol. The highest BCUT2D eigenvalue weighted by Crippen LogP contribution is 2.48. The van der Waals surface area contributed by atoms with Crippen LogP contribution in [-0.2, 0) is 24.8 Å². The van der Waals surface area contributed by atoms with Crippen LogP contribution in [0.4, 0.5) is 11.4 Å². The van der Waals surface area contributed by atoms with Crippen molar-refractivity contribution in [2.24, 2.45) is 0 Å². The minimum atomic E-state index is -3.52. The zero-order chi connectivity index (χ0) is 26.3. The molecule has 1 aliphatic rings. The van der Waals surface area contributed by atoms with Crippen LogP contribution in [0.5, 0.6) is 0 Å². The normalized spacial score (nSPS) is 14.3. The second kappa shape index (κ2) is 12.3. The number of anilines is 2. The smallest absolute Gasteiger partial charge is 0.354 e. The first-order valence-corrected chi connectivity index (χ1v) is 14.2. The summed E-state index contributed by atoms with van der Waals surface area (Å²) in [6, 6.07) is 23.1. The maximum Gasteiger partial charge on any atom is 0.361 e. The molecule has 7 nitrogen and oxygen atoms in total. The maximum absolute atomic E-state index is 13.5. The second-order valence-electron chi connectivity index (χ2n) is 8.56. The average molecular weight is 520 g/mol. The molecule has 37 heavy (non-hydrogen) atoms. The van der Waals surface area contributed by atoms with E-state index in [0.29, 0.717) is 27.8 Å². The van der Waals surface area contributed by atoms with E-state index in [0.717, 1.165) is 30.8 Å². The minimum absolute atomic E-state index is 0.233. The van der Waals surface area contributed by atoms with E-state index in [1.54, 1.807) is 32.0 Å². The highest BCUT2D eigenvalue weighted by atomic mass is 31.2. The molecule has 4 rings (SSSR count). The van der Waals surface area contributed by atoms with Gasteiger partial charge in [0.2, 0.25) is 0 Å². The quantitative estimate of drug-likeness (QED) is 0.163. The summed E-state index contributed by atoms with van der Waals surface area (Å²) >= 11 is 0. The Morgan fingerprint density at radius 1 is 0.919 bits per heavy atom. The van der Waals surface area contributed by atoms with Crippen molar-refractivity contribution < 1.29 is 18.4 Å². The molecule has 1 amide bonds. The highest BCUT2D eigenvalue weighted by molar-refractivity contribution is 7.62. The summed E-state index contributed by atoms with van der Waals surface area (Å²) in [4.78, 5) is 13.3. The molecule has 0 bridgehead atoms. The second-order valence-corrected chi connectivity index (χ2v) is 10.6. The monoisotopic (exact) mass is 519 g/mol. The van der Waals surface area contributed by atoms with Gasteiger partial charge in [-0.25, -0.2) is 0 Å². The molecule has 1 heterocycles. The van der Waals surface area contributed by atoms with Gasteiger partial charge in [-0.15, -0.1) is 0 Å². The number of hydrogen-bond donors (Lipinski definition) is 3. The Bertz CT molecular complexity index is 1300. The van der Waals surface area contributed by atoms with Crippen LogP contribution in [0, 0.1) is 0 Å². The van der Waals surface area contributed by atoms with Crippen molar-refractivity contribution in [2.45, 2.75) is 27.2 Å². The SMILES string of the molecule is CCNCCc1ccc(N/C(=C2\C(=O)Nc3ccc(P(=O)(OCC)OCC)cc32)c2ccccc2)cc1. The van der Waals surface area contributed by atoms with Gasteiger partial charge >= 0.3 is 7.60 Å². The van der Waals surface area contributed by atoms with Crippen molar-refractivity contribution in [3.63, 3.8) is 0 Å². The van der Waals surface area contributed by atoms with E-state index < -0.39 is 7.60 Å². The maximum atomic E-state index is 13.5. The molecule has 0 unspecified atom stereocenters. The zero-order valence-corrected chi connectivity index (χ0v) is 22.4. The van der Waals surface area contributed by atoms with E-state index in [2.05, 4.69) is 35.0 Å². The van der Waals surface area contributed by atoms with E-state index >= 15 is 0 Å². The fraction of sp³-hybridized carbons (Fsp3) is 0.276. The number of amides is 1. The van der Waals surface area contributed by atoms with Crippen LogP contribution in [-0.4, -0.2) is 32.2 Å². The average Bonchev–Trinajstić information content (AvgIpc) is 3.24. The summed E-state index contributed by atoms with van der Waals surface area (Å²) in [5.41, 5.74) is 5.39. The third-order valence-corrected chi connectivity index (χ3v) is 8.15. The highest BCUT2D eigenvalue weighted by Gasteiger charge is 2.33. The van der Waals surface area contributed by atoms with Crippen LogP contribution in [0.1, 0.15) is 37.5 Å². The largest absolute Gasteiger partial charge is 0.361 e. The van der Waals surface area contributed by atoms with Crippen LogP contribution < -0.4 is 21.3 Å². The van der Waals surface area contributed by atoms with Crippen molar-refractivity contribution in [1.29, 1.82) is 0 Å². The Labute approximate surface area is 218 Å². The summed E-state index contributed by atoms with van der Waals surface area (Å²) in [7, 11) is -3.52. The van der Waals surface area contributed by atoms with Gasteiger partial charge in [-0.3, -0.25) is 9.36 Å². The predicted octanol–water partition coefficient (Wildman–Crippen LogP) is 5.66. The first-order chi connectivity index (χ1) is 18.0. The van der Waals surface area contributed by atoms with E-state index in [1.807, 2.05) is 42.5 Å². The van der Waals surface area contributed by atoms with E-state index in [9.17, 15) is 9.36 Å². The molecule has 0 aliphatic carbocycles. The van der Waals surface area contributed by atoms with E-state index in [4.69, 9.17) is 9.05 Å². The molecule has 0 spiro atoms. The van der Waals surface area contributed by atoms with Crippen molar-refractivity contribution >= 4 is 41.5 Å². The van der Waals surface area contributed by atoms with Crippen molar-refractivity contribution in [2.75, 3.05) is 36.9 Å². The molecule has 194 valence electrons. The lowest BCUT2D eigenvalue weighted by molar-refractivity contribution is -0.110. The van der Waals surface area contributed by atoms with Crippen molar-refractivity contribution in [3.8, 4) is 0 Å². The van der Waals surface area contributed by atoms with Gasteiger partial charge in [-0.1, -0.05) is 49.4 Å². The van der Waals surface area contributed by atoms with E-state index in [1.165, 1.54) is 5.56 Å². The number of likely N-dealkylation sites (N-methyl/N-ethyl adjacent to an activating group) is 1. The van der Waals surface area contributed by atoms with Crippen molar-refractivity contribution in [1.82, 2.24) is 5.32 Å². The first-order valence-electron chi connectivity index (χ1n) is 12.7. The molecule has 3 N–H and O–H groups in total. The van der Waals surface area contributed by atoms with Crippen LogP contribution >= 0.6 is 7.60 Å². The minimum Gasteiger partial charge on any atom is -0.354 e. The third kappa shape index (κ3) is 6.20. The predicted molar refractivity (Wildman–Crippen MR) is 151 cm³/mol. The Morgan fingerprint density at radius 3 is 2.27 bits per heavy atom. The summed E-state index contributed by atoms with van der Waals surface area (Å²) in [6.07, 6.45) is 0.943. The van der Waals surface area contributed by atoms with Gasteiger partial charge < -0.3 is 25.0 Å². The van der Waals surface area contributed by atoms with Gasteiger partial charge in [0.25, 0.3) is 5.91 Å². The van der Waals surface area contributed by atoms with Gasteiger partial charge in [-0.05, 0) is 74.8 Å². The molecule has 0 atom stereocenters. The topological polar surface area (TPSA) is 88.7 Å². The Morgan fingerprint density at radius 2 is 1.62 bits per heavy atom. The standard InChI is InChI=1S/C29H34N3O4P/c1-4-30-19-18-21-12-14-23(15-13-21)31-28(22-10-8-7-9-11-22)27-25-20-24(16-17-26(25)32-29(27)33)37(34,35-5-2)36-6-3/h7-17,20,30-31H,4-6,18-19H2,1-3H3,(H,32,33)/b28-27-. The molecule has 0 radical (unpaired) electrons. The fourth-order valence-corrected chi connectivity index (χ4v) is 5.89. The lowest BCUT2D eigenvalue weighted by Gasteiger charge is -2.18. The van der Waals surface area contributed by atoms with Gasteiger partial charge in [0.1, 0.15) is 0 Å². The summed E-state index contributed by atoms with van der Waals surface area (Å²) in [5.74, 6) is -0.233. The number of rotatable bonds is 12. The molecule has 1 aliphatic heterocycles. The summed E-state index contributed by atoms with van der Waals surface area (Å²) < 4.78 is 24.6. The number of nitrogens with one attached hydrogen (secondary N) is 3. The van der Waals surface area contributed by atoms with Gasteiger partial charge in [-0.2, -0.15) is 0 Å². The van der Waals surface area contributed by atoms with Crippen LogP contribution in [0.15, 0.2) is 72.8 Å². The summed E-state index contributed by atoms with van der Waals surface area (Å²) in [6.45, 7) is 8.01. The molecule has 8 heteroatoms. The molecule has 0 aromatic heterocycles. The lowest BCUT2D eigenvalue weighted by Crippen LogP contribution is -2.16. The molecule has 0 saturated heterocycles. The summed E-state index contributed by atoms with van der Waals surface area (Å²) in [5, 5.41) is 10.2. The Balaban J connectivity index is 1.77. The molecule has 0 saturated carbocycles. The van der Waals surface area contributed by atoms with Crippen LogP contribution in [0.2, 0.25) is 0 Å². The van der Waals surface area contributed by atoms with Crippen molar-refractivity contribution in [3.05, 3.63) is 89.5 Å². The number of fused-ring (bicyclic) bond motifs is 1. The number of carbonyl (C=O) groups is 1. The van der Waals surface area contributed by atoms with Crippen LogP contribution in [0.3, 0.4) is 0 Å². The van der Waals surface area contributed by atoms with E-state index in [-0.39, 0.29) is 19.1 Å². The Hall–Kier alpha value is -3.22. The molecule has 3 aromatic rings. The number of hydrogen-bond acceptors (Lipinski definition) is 6. The fourth-order valence-electron chi connectivity index (χ4n) is 4.29. The molecule has 0 fully saturated rings.